The van der Waals surface area contributed by atoms with Crippen molar-refractivity contribution in [1.29, 1.82) is 5.26 Å². The van der Waals surface area contributed by atoms with Crippen molar-refractivity contribution >= 4 is 7.60 Å². The highest BCUT2D eigenvalue weighted by Gasteiger charge is 2.72. The van der Waals surface area contributed by atoms with E-state index in [1.54, 1.807) is 19.9 Å². The zero-order valence-electron chi connectivity index (χ0n) is 9.15. The standard InChI is InChI=1S/C9H14F2NO3P/c1-3-14-16(13,15-4-2)9(6-12)5-7(9)8(10)11/h7-8H,3-5H2,1-2H3/t7-,9-/m0/s1. The lowest BCUT2D eigenvalue weighted by atomic mass is 10.3. The SMILES string of the molecule is CCOP(=O)(OCC)[C@]1(C#N)C[C@H]1C(F)F. The molecular weight excluding hydrogens is 239 g/mol. The smallest absolute Gasteiger partial charge is 0.308 e. The summed E-state index contributed by atoms with van der Waals surface area (Å²) < 4.78 is 47.2. The second kappa shape index (κ2) is 4.79. The van der Waals surface area contributed by atoms with E-state index in [9.17, 15) is 13.3 Å². The van der Waals surface area contributed by atoms with Crippen LogP contribution < -0.4 is 0 Å². The molecule has 1 saturated carbocycles. The fraction of sp³-hybridized carbons (Fsp3) is 0.889. The van der Waals surface area contributed by atoms with E-state index >= 15 is 0 Å². The zero-order chi connectivity index (χ0) is 12.4. The van der Waals surface area contributed by atoms with Gasteiger partial charge in [0.25, 0.3) is 0 Å². The van der Waals surface area contributed by atoms with Crippen LogP contribution in [0.15, 0.2) is 0 Å². The summed E-state index contributed by atoms with van der Waals surface area (Å²) in [5.74, 6) is -1.21. The minimum absolute atomic E-state index is 0.0661. The first-order valence-corrected chi connectivity index (χ1v) is 6.60. The van der Waals surface area contributed by atoms with Crippen molar-refractivity contribution in [3.8, 4) is 6.07 Å². The van der Waals surface area contributed by atoms with Gasteiger partial charge in [0.2, 0.25) is 6.43 Å². The highest BCUT2D eigenvalue weighted by Crippen LogP contribution is 2.74. The van der Waals surface area contributed by atoms with Gasteiger partial charge in [0.15, 0.2) is 5.16 Å². The number of halogens is 2. The Kier molecular flexibility index (Phi) is 4.06. The molecule has 0 N–H and O–H groups in total. The molecule has 4 nitrogen and oxygen atoms in total. The molecule has 7 heteroatoms. The number of nitriles is 1. The minimum Gasteiger partial charge on any atom is -0.308 e. The van der Waals surface area contributed by atoms with Crippen molar-refractivity contribution in [2.24, 2.45) is 5.92 Å². The van der Waals surface area contributed by atoms with Crippen molar-refractivity contribution in [2.75, 3.05) is 13.2 Å². The van der Waals surface area contributed by atoms with Gasteiger partial charge in [0, 0.05) is 0 Å². The van der Waals surface area contributed by atoms with Gasteiger partial charge in [-0.2, -0.15) is 5.26 Å². The Labute approximate surface area is 93.1 Å². The molecule has 0 aromatic carbocycles. The molecule has 0 bridgehead atoms. The molecule has 0 aromatic heterocycles. The molecule has 0 spiro atoms. The van der Waals surface area contributed by atoms with Crippen molar-refractivity contribution in [3.05, 3.63) is 0 Å². The quantitative estimate of drug-likeness (QED) is 0.683. The van der Waals surface area contributed by atoms with Crippen molar-refractivity contribution in [2.45, 2.75) is 31.8 Å². The summed E-state index contributed by atoms with van der Waals surface area (Å²) in [6.07, 6.45) is -2.80. The third-order valence-electron chi connectivity index (χ3n) is 2.57. The lowest BCUT2D eigenvalue weighted by molar-refractivity contribution is 0.116. The van der Waals surface area contributed by atoms with Gasteiger partial charge in [-0.1, -0.05) is 0 Å². The molecule has 2 atom stereocenters. The van der Waals surface area contributed by atoms with Gasteiger partial charge < -0.3 is 9.05 Å². The van der Waals surface area contributed by atoms with E-state index in [-0.39, 0.29) is 19.6 Å². The Morgan fingerprint density at radius 3 is 2.25 bits per heavy atom. The molecule has 92 valence electrons. The first kappa shape index (κ1) is 13.6. The third kappa shape index (κ3) is 2.00. The minimum atomic E-state index is -3.76. The van der Waals surface area contributed by atoms with Crippen LogP contribution >= 0.6 is 7.60 Å². The van der Waals surface area contributed by atoms with Crippen molar-refractivity contribution < 1.29 is 22.4 Å². The first-order valence-electron chi connectivity index (χ1n) is 5.06. The van der Waals surface area contributed by atoms with E-state index in [2.05, 4.69) is 0 Å². The zero-order valence-corrected chi connectivity index (χ0v) is 10.0. The fourth-order valence-electron chi connectivity index (χ4n) is 1.69. The lowest BCUT2D eigenvalue weighted by Gasteiger charge is -2.21. The van der Waals surface area contributed by atoms with Crippen LogP contribution in [0.3, 0.4) is 0 Å². The average Bonchev–Trinajstić information content (AvgIpc) is 2.94. The van der Waals surface area contributed by atoms with Crippen LogP contribution in [0.1, 0.15) is 20.3 Å². The summed E-state index contributed by atoms with van der Waals surface area (Å²) in [6.45, 7) is 3.29. The van der Waals surface area contributed by atoms with Crippen LogP contribution in [0.5, 0.6) is 0 Å². The van der Waals surface area contributed by atoms with Crippen LogP contribution in [0.2, 0.25) is 0 Å². The molecule has 0 heterocycles. The molecule has 0 amide bonds. The van der Waals surface area contributed by atoms with E-state index in [4.69, 9.17) is 14.3 Å². The summed E-state index contributed by atoms with van der Waals surface area (Å²) in [6, 6.07) is 1.70. The average molecular weight is 253 g/mol. The number of nitrogens with zero attached hydrogens (tertiary/aromatic N) is 1. The molecule has 0 unspecified atom stereocenters. The van der Waals surface area contributed by atoms with Gasteiger partial charge >= 0.3 is 7.60 Å². The van der Waals surface area contributed by atoms with Crippen LogP contribution in [-0.2, 0) is 13.6 Å². The predicted molar refractivity (Wildman–Crippen MR) is 53.3 cm³/mol. The van der Waals surface area contributed by atoms with E-state index < -0.39 is 25.1 Å². The number of rotatable bonds is 6. The monoisotopic (exact) mass is 253 g/mol. The maximum atomic E-state index is 12.5. The Balaban J connectivity index is 2.95. The summed E-state index contributed by atoms with van der Waals surface area (Å²) in [7, 11) is -3.76. The molecular formula is C9H14F2NO3P. The largest absolute Gasteiger partial charge is 0.351 e. The topological polar surface area (TPSA) is 59.3 Å². The molecule has 1 fully saturated rings. The van der Waals surface area contributed by atoms with E-state index in [1.807, 2.05) is 0 Å². The maximum Gasteiger partial charge on any atom is 0.351 e. The number of hydrogen-bond acceptors (Lipinski definition) is 4. The number of alkyl halides is 2. The van der Waals surface area contributed by atoms with E-state index in [1.165, 1.54) is 0 Å². The molecule has 0 aliphatic heterocycles. The number of hydrogen-bond donors (Lipinski definition) is 0. The highest BCUT2D eigenvalue weighted by atomic mass is 31.2. The van der Waals surface area contributed by atoms with Crippen molar-refractivity contribution in [3.63, 3.8) is 0 Å². The van der Waals surface area contributed by atoms with Crippen LogP contribution in [-0.4, -0.2) is 24.8 Å². The Morgan fingerprint density at radius 1 is 1.50 bits per heavy atom. The van der Waals surface area contributed by atoms with Gasteiger partial charge in [-0.25, -0.2) is 8.78 Å². The van der Waals surface area contributed by atoms with Crippen LogP contribution in [0, 0.1) is 17.2 Å². The molecule has 0 radical (unpaired) electrons. The van der Waals surface area contributed by atoms with Gasteiger partial charge in [-0.3, -0.25) is 4.57 Å². The molecule has 1 aliphatic carbocycles. The molecule has 1 aliphatic rings. The van der Waals surface area contributed by atoms with E-state index in [0.717, 1.165) is 0 Å². The van der Waals surface area contributed by atoms with E-state index in [0.29, 0.717) is 0 Å². The summed E-state index contributed by atoms with van der Waals surface area (Å²) >= 11 is 0. The second-order valence-corrected chi connectivity index (χ2v) is 5.82. The Bertz CT molecular complexity index is 334. The van der Waals surface area contributed by atoms with Gasteiger partial charge in [0.1, 0.15) is 0 Å². The van der Waals surface area contributed by atoms with Gasteiger partial charge in [-0.15, -0.1) is 0 Å². The summed E-state index contributed by atoms with van der Waals surface area (Å²) in [5.41, 5.74) is 0. The molecule has 0 saturated heterocycles. The van der Waals surface area contributed by atoms with Crippen molar-refractivity contribution in [1.82, 2.24) is 0 Å². The highest BCUT2D eigenvalue weighted by molar-refractivity contribution is 7.56. The summed E-state index contributed by atoms with van der Waals surface area (Å²) in [4.78, 5) is 0. The first-order chi connectivity index (χ1) is 7.47. The second-order valence-electron chi connectivity index (χ2n) is 3.51. The molecule has 16 heavy (non-hydrogen) atoms. The van der Waals surface area contributed by atoms with Crippen LogP contribution in [0.4, 0.5) is 8.78 Å². The summed E-state index contributed by atoms with van der Waals surface area (Å²) in [5, 5.41) is 7.30. The van der Waals surface area contributed by atoms with Crippen LogP contribution in [0.25, 0.3) is 0 Å². The lowest BCUT2D eigenvalue weighted by Crippen LogP contribution is -2.18. The Hall–Kier alpha value is -0.500. The third-order valence-corrected chi connectivity index (χ3v) is 5.36. The van der Waals surface area contributed by atoms with Gasteiger partial charge in [-0.05, 0) is 20.3 Å². The molecule has 0 aromatic rings. The Morgan fingerprint density at radius 2 is 2.00 bits per heavy atom. The normalized spacial score (nSPS) is 29.1. The van der Waals surface area contributed by atoms with Gasteiger partial charge in [0.05, 0.1) is 25.2 Å². The fourth-order valence-corrected chi connectivity index (χ4v) is 3.96. The maximum absolute atomic E-state index is 12.5. The predicted octanol–water partition coefficient (Wildman–Crippen LogP) is 2.80. The molecule has 1 rings (SSSR count).